The molecule has 1 aromatic rings. The third-order valence-corrected chi connectivity index (χ3v) is 2.68. The van der Waals surface area contributed by atoms with Gasteiger partial charge in [0.1, 0.15) is 5.82 Å². The van der Waals surface area contributed by atoms with Gasteiger partial charge in [0.15, 0.2) is 0 Å². The largest absolute Gasteiger partial charge is 0.478 e. The first-order chi connectivity index (χ1) is 8.95. The van der Waals surface area contributed by atoms with E-state index in [-0.39, 0.29) is 5.56 Å². The lowest BCUT2D eigenvalue weighted by molar-refractivity contribution is 0.0696. The molecule has 0 unspecified atom stereocenters. The number of aromatic carboxylic acids is 1. The van der Waals surface area contributed by atoms with Gasteiger partial charge in [0.25, 0.3) is 0 Å². The Morgan fingerprint density at radius 1 is 1.47 bits per heavy atom. The molecule has 1 aromatic carbocycles. The Hall–Kier alpha value is -1.62. The van der Waals surface area contributed by atoms with Crippen LogP contribution in [0.25, 0.3) is 0 Å². The van der Waals surface area contributed by atoms with Crippen LogP contribution >= 0.6 is 0 Å². The summed E-state index contributed by atoms with van der Waals surface area (Å²) >= 11 is 0. The van der Waals surface area contributed by atoms with Crippen molar-refractivity contribution < 1.29 is 19.0 Å². The standard InChI is InChI=1S/C14H20FNO3/c1-10(2)9-16(6-7-19-3)13-5-4-11(15)8-12(13)14(17)18/h4-5,8,10H,6-7,9H2,1-3H3,(H,17,18). The molecule has 0 atom stereocenters. The maximum Gasteiger partial charge on any atom is 0.337 e. The van der Waals surface area contributed by atoms with Crippen molar-refractivity contribution in [3.05, 3.63) is 29.6 Å². The molecule has 0 aliphatic carbocycles. The maximum atomic E-state index is 13.2. The number of carbonyl (C=O) groups is 1. The molecule has 0 heterocycles. The van der Waals surface area contributed by atoms with Crippen LogP contribution in [-0.2, 0) is 4.74 Å². The van der Waals surface area contributed by atoms with Crippen LogP contribution in [-0.4, -0.2) is 37.9 Å². The Bertz CT molecular complexity index is 435. The number of anilines is 1. The van der Waals surface area contributed by atoms with Crippen molar-refractivity contribution in [2.45, 2.75) is 13.8 Å². The number of benzene rings is 1. The third-order valence-electron chi connectivity index (χ3n) is 2.68. The second-order valence-electron chi connectivity index (χ2n) is 4.80. The third kappa shape index (κ3) is 4.52. The van der Waals surface area contributed by atoms with Crippen LogP contribution in [0, 0.1) is 11.7 Å². The molecule has 0 bridgehead atoms. The summed E-state index contributed by atoms with van der Waals surface area (Å²) in [4.78, 5) is 13.1. The molecule has 0 aromatic heterocycles. The van der Waals surface area contributed by atoms with E-state index in [4.69, 9.17) is 4.74 Å². The predicted molar refractivity (Wildman–Crippen MR) is 72.3 cm³/mol. The van der Waals surface area contributed by atoms with Gasteiger partial charge in [-0.1, -0.05) is 13.8 Å². The lowest BCUT2D eigenvalue weighted by atomic mass is 10.1. The van der Waals surface area contributed by atoms with E-state index in [1.54, 1.807) is 7.11 Å². The number of rotatable bonds is 7. The van der Waals surface area contributed by atoms with Crippen LogP contribution in [0.5, 0.6) is 0 Å². The van der Waals surface area contributed by atoms with E-state index in [0.29, 0.717) is 31.3 Å². The van der Waals surface area contributed by atoms with Crippen LogP contribution < -0.4 is 4.90 Å². The summed E-state index contributed by atoms with van der Waals surface area (Å²) in [5.41, 5.74) is 0.511. The summed E-state index contributed by atoms with van der Waals surface area (Å²) in [6.45, 7) is 5.84. The number of halogens is 1. The maximum absolute atomic E-state index is 13.2. The lowest BCUT2D eigenvalue weighted by Crippen LogP contribution is -2.32. The molecule has 0 aliphatic rings. The number of hydrogen-bond donors (Lipinski definition) is 1. The highest BCUT2D eigenvalue weighted by atomic mass is 19.1. The first-order valence-electron chi connectivity index (χ1n) is 6.22. The molecule has 19 heavy (non-hydrogen) atoms. The van der Waals surface area contributed by atoms with E-state index < -0.39 is 11.8 Å². The second-order valence-corrected chi connectivity index (χ2v) is 4.80. The zero-order valence-electron chi connectivity index (χ0n) is 11.5. The van der Waals surface area contributed by atoms with Crippen molar-refractivity contribution in [1.82, 2.24) is 0 Å². The van der Waals surface area contributed by atoms with Gasteiger partial charge in [0.05, 0.1) is 17.9 Å². The zero-order valence-corrected chi connectivity index (χ0v) is 11.5. The molecule has 0 saturated heterocycles. The minimum absolute atomic E-state index is 0.0169. The summed E-state index contributed by atoms with van der Waals surface area (Å²) in [5, 5.41) is 9.17. The van der Waals surface area contributed by atoms with Crippen molar-refractivity contribution in [2.75, 3.05) is 31.7 Å². The van der Waals surface area contributed by atoms with Gasteiger partial charge in [0, 0.05) is 20.2 Å². The number of methoxy groups -OCH3 is 1. The Kier molecular flexibility index (Phi) is 5.76. The molecule has 0 aliphatic heterocycles. The van der Waals surface area contributed by atoms with E-state index in [9.17, 15) is 14.3 Å². The van der Waals surface area contributed by atoms with E-state index in [2.05, 4.69) is 0 Å². The molecule has 1 N–H and O–H groups in total. The molecule has 0 fully saturated rings. The molecule has 5 heteroatoms. The van der Waals surface area contributed by atoms with E-state index in [0.717, 1.165) is 6.07 Å². The highest BCUT2D eigenvalue weighted by molar-refractivity contribution is 5.94. The SMILES string of the molecule is COCCN(CC(C)C)c1ccc(F)cc1C(=O)O. The Balaban J connectivity index is 3.09. The molecule has 4 nitrogen and oxygen atoms in total. The summed E-state index contributed by atoms with van der Waals surface area (Å²) < 4.78 is 18.2. The first kappa shape index (κ1) is 15.4. The van der Waals surface area contributed by atoms with E-state index in [1.807, 2.05) is 18.7 Å². The summed E-state index contributed by atoms with van der Waals surface area (Å²) in [6.07, 6.45) is 0. The van der Waals surface area contributed by atoms with Gasteiger partial charge in [0.2, 0.25) is 0 Å². The molecule has 0 saturated carbocycles. The molecule has 0 spiro atoms. The average molecular weight is 269 g/mol. The number of carboxylic acids is 1. The average Bonchev–Trinajstić information content (AvgIpc) is 2.34. The molecule has 106 valence electrons. The fourth-order valence-corrected chi connectivity index (χ4v) is 1.91. The highest BCUT2D eigenvalue weighted by Gasteiger charge is 2.17. The van der Waals surface area contributed by atoms with Gasteiger partial charge < -0.3 is 14.7 Å². The van der Waals surface area contributed by atoms with Crippen molar-refractivity contribution in [3.63, 3.8) is 0 Å². The van der Waals surface area contributed by atoms with Crippen molar-refractivity contribution >= 4 is 11.7 Å². The summed E-state index contributed by atoms with van der Waals surface area (Å²) in [5.74, 6) is -1.30. The topological polar surface area (TPSA) is 49.8 Å². The number of hydrogen-bond acceptors (Lipinski definition) is 3. The highest BCUT2D eigenvalue weighted by Crippen LogP contribution is 2.22. The van der Waals surface area contributed by atoms with Crippen molar-refractivity contribution in [3.8, 4) is 0 Å². The number of ether oxygens (including phenoxy) is 1. The fourth-order valence-electron chi connectivity index (χ4n) is 1.91. The molecule has 0 radical (unpaired) electrons. The van der Waals surface area contributed by atoms with E-state index >= 15 is 0 Å². The zero-order chi connectivity index (χ0) is 14.4. The predicted octanol–water partition coefficient (Wildman–Crippen LogP) is 2.63. The lowest BCUT2D eigenvalue weighted by Gasteiger charge is -2.27. The number of nitrogens with zero attached hydrogens (tertiary/aromatic N) is 1. The quantitative estimate of drug-likeness (QED) is 0.826. The Morgan fingerprint density at radius 3 is 2.68 bits per heavy atom. The normalized spacial score (nSPS) is 10.8. The Morgan fingerprint density at radius 2 is 2.16 bits per heavy atom. The van der Waals surface area contributed by atoms with Gasteiger partial charge in [-0.3, -0.25) is 0 Å². The van der Waals surface area contributed by atoms with Crippen LogP contribution in [0.3, 0.4) is 0 Å². The Labute approximate surface area is 112 Å². The smallest absolute Gasteiger partial charge is 0.337 e. The first-order valence-corrected chi connectivity index (χ1v) is 6.22. The van der Waals surface area contributed by atoms with Crippen LogP contribution in [0.2, 0.25) is 0 Å². The van der Waals surface area contributed by atoms with Crippen LogP contribution in [0.4, 0.5) is 10.1 Å². The van der Waals surface area contributed by atoms with Gasteiger partial charge >= 0.3 is 5.97 Å². The van der Waals surface area contributed by atoms with Crippen LogP contribution in [0.15, 0.2) is 18.2 Å². The minimum atomic E-state index is -1.12. The van der Waals surface area contributed by atoms with E-state index in [1.165, 1.54) is 12.1 Å². The van der Waals surface area contributed by atoms with Gasteiger partial charge in [-0.25, -0.2) is 9.18 Å². The molecular formula is C14H20FNO3. The molecular weight excluding hydrogens is 249 g/mol. The van der Waals surface area contributed by atoms with Gasteiger partial charge in [-0.15, -0.1) is 0 Å². The molecule has 0 amide bonds. The second kappa shape index (κ2) is 7.09. The summed E-state index contributed by atoms with van der Waals surface area (Å²) in [6, 6.07) is 3.84. The minimum Gasteiger partial charge on any atom is -0.478 e. The molecule has 1 rings (SSSR count). The summed E-state index contributed by atoms with van der Waals surface area (Å²) in [7, 11) is 1.59. The van der Waals surface area contributed by atoms with Crippen LogP contribution in [0.1, 0.15) is 24.2 Å². The fraction of sp³-hybridized carbons (Fsp3) is 0.500. The van der Waals surface area contributed by atoms with Gasteiger partial charge in [-0.2, -0.15) is 0 Å². The van der Waals surface area contributed by atoms with Gasteiger partial charge in [-0.05, 0) is 24.1 Å². The number of carboxylic acid groups (broad SMARTS) is 1. The van der Waals surface area contributed by atoms with Crippen molar-refractivity contribution in [1.29, 1.82) is 0 Å². The van der Waals surface area contributed by atoms with Crippen molar-refractivity contribution in [2.24, 2.45) is 5.92 Å². The monoisotopic (exact) mass is 269 g/mol.